The highest BCUT2D eigenvalue weighted by molar-refractivity contribution is 5.93. The van der Waals surface area contributed by atoms with Gasteiger partial charge in [-0.15, -0.1) is 6.42 Å². The largest absolute Gasteiger partial charge is 0.480 e. The normalized spacial score (nSPS) is 10.1. The van der Waals surface area contributed by atoms with Crippen LogP contribution >= 0.6 is 0 Å². The Hall–Kier alpha value is -2.61. The Balaban J connectivity index is 2.76. The van der Waals surface area contributed by atoms with Crippen LogP contribution in [-0.4, -0.2) is 35.0 Å². The minimum absolute atomic E-state index is 0.0986. The molecule has 1 N–H and O–H groups in total. The third-order valence-corrected chi connectivity index (χ3v) is 2.19. The first-order valence-corrected chi connectivity index (χ1v) is 5.40. The van der Waals surface area contributed by atoms with E-state index in [4.69, 9.17) is 11.5 Å². The van der Waals surface area contributed by atoms with Gasteiger partial charge in [0.15, 0.2) is 0 Å². The number of halogens is 1. The Bertz CT molecular complexity index is 546. The number of nitrogens with zero attached hydrogens (tertiary/aromatic N) is 1. The van der Waals surface area contributed by atoms with E-state index in [1.54, 1.807) is 6.07 Å². The van der Waals surface area contributed by atoms with Gasteiger partial charge < -0.3 is 10.0 Å². The second-order valence-corrected chi connectivity index (χ2v) is 3.68. The zero-order chi connectivity index (χ0) is 14.3. The fourth-order valence-electron chi connectivity index (χ4n) is 1.37. The van der Waals surface area contributed by atoms with Crippen LogP contribution in [0, 0.1) is 18.2 Å². The lowest BCUT2D eigenvalue weighted by atomic mass is 10.2. The number of aliphatic carboxylic acids is 1. The molecule has 1 aromatic carbocycles. The van der Waals surface area contributed by atoms with Crippen LogP contribution in [0.2, 0.25) is 0 Å². The summed E-state index contributed by atoms with van der Waals surface area (Å²) < 4.78 is 12.9. The van der Waals surface area contributed by atoms with Crippen LogP contribution in [0.25, 0.3) is 6.08 Å². The second-order valence-electron chi connectivity index (χ2n) is 3.68. The lowest BCUT2D eigenvalue weighted by Gasteiger charge is -2.15. The third-order valence-electron chi connectivity index (χ3n) is 2.19. The van der Waals surface area contributed by atoms with Crippen LogP contribution in [-0.2, 0) is 9.59 Å². The van der Waals surface area contributed by atoms with Crippen molar-refractivity contribution >= 4 is 18.0 Å². The molecule has 0 spiro atoms. The summed E-state index contributed by atoms with van der Waals surface area (Å²) in [6.07, 6.45) is 7.62. The zero-order valence-corrected chi connectivity index (χ0v) is 10.0. The van der Waals surface area contributed by atoms with Crippen molar-refractivity contribution in [3.05, 3.63) is 41.7 Å². The van der Waals surface area contributed by atoms with E-state index in [1.807, 2.05) is 0 Å². The SMILES string of the molecule is C#CCN(CC(=O)O)C(=O)C=Cc1cccc(F)c1. The van der Waals surface area contributed by atoms with Crippen LogP contribution in [0.4, 0.5) is 4.39 Å². The van der Waals surface area contributed by atoms with E-state index in [9.17, 15) is 14.0 Å². The van der Waals surface area contributed by atoms with Gasteiger partial charge in [0.25, 0.3) is 0 Å². The van der Waals surface area contributed by atoms with Gasteiger partial charge in [-0.3, -0.25) is 9.59 Å². The Morgan fingerprint density at radius 2 is 2.21 bits per heavy atom. The predicted molar refractivity (Wildman–Crippen MR) is 68.5 cm³/mol. The van der Waals surface area contributed by atoms with E-state index >= 15 is 0 Å². The van der Waals surface area contributed by atoms with Crippen molar-refractivity contribution in [2.24, 2.45) is 0 Å². The van der Waals surface area contributed by atoms with Crippen molar-refractivity contribution in [3.63, 3.8) is 0 Å². The lowest BCUT2D eigenvalue weighted by Crippen LogP contribution is -2.34. The van der Waals surface area contributed by atoms with E-state index in [1.165, 1.54) is 24.3 Å². The molecule has 0 saturated heterocycles. The van der Waals surface area contributed by atoms with Crippen molar-refractivity contribution in [1.29, 1.82) is 0 Å². The van der Waals surface area contributed by atoms with Crippen molar-refractivity contribution in [1.82, 2.24) is 4.90 Å². The van der Waals surface area contributed by atoms with E-state index in [0.717, 1.165) is 11.0 Å². The van der Waals surface area contributed by atoms with Gasteiger partial charge in [-0.05, 0) is 23.8 Å². The standard InChI is InChI=1S/C14H12FNO3/c1-2-8-16(10-14(18)19)13(17)7-6-11-4-3-5-12(15)9-11/h1,3-7,9H,8,10H2,(H,18,19). The minimum atomic E-state index is -1.15. The molecule has 19 heavy (non-hydrogen) atoms. The molecule has 0 aliphatic rings. The summed E-state index contributed by atoms with van der Waals surface area (Å²) >= 11 is 0. The number of hydrogen-bond donors (Lipinski definition) is 1. The zero-order valence-electron chi connectivity index (χ0n) is 10.0. The Labute approximate surface area is 110 Å². The van der Waals surface area contributed by atoms with Crippen molar-refractivity contribution < 1.29 is 19.1 Å². The minimum Gasteiger partial charge on any atom is -0.480 e. The van der Waals surface area contributed by atoms with Gasteiger partial charge in [0, 0.05) is 6.08 Å². The summed E-state index contributed by atoms with van der Waals surface area (Å²) in [4.78, 5) is 23.3. The summed E-state index contributed by atoms with van der Waals surface area (Å²) in [7, 11) is 0. The molecular formula is C14H12FNO3. The number of carboxylic acid groups (broad SMARTS) is 1. The maximum Gasteiger partial charge on any atom is 0.323 e. The highest BCUT2D eigenvalue weighted by Crippen LogP contribution is 2.05. The van der Waals surface area contributed by atoms with Gasteiger partial charge in [-0.25, -0.2) is 4.39 Å². The van der Waals surface area contributed by atoms with Gasteiger partial charge in [0.05, 0.1) is 6.54 Å². The first-order valence-electron chi connectivity index (χ1n) is 5.40. The molecular weight excluding hydrogens is 249 g/mol. The number of benzene rings is 1. The van der Waals surface area contributed by atoms with Crippen molar-refractivity contribution in [2.45, 2.75) is 0 Å². The molecule has 4 nitrogen and oxygen atoms in total. The molecule has 1 rings (SSSR count). The van der Waals surface area contributed by atoms with Crippen molar-refractivity contribution in [3.8, 4) is 12.3 Å². The average Bonchev–Trinajstić information content (AvgIpc) is 2.35. The van der Waals surface area contributed by atoms with Crippen LogP contribution in [0.15, 0.2) is 30.3 Å². The molecule has 0 heterocycles. The topological polar surface area (TPSA) is 57.6 Å². The number of amides is 1. The molecule has 0 aromatic heterocycles. The molecule has 0 bridgehead atoms. The van der Waals surface area contributed by atoms with Crippen molar-refractivity contribution in [2.75, 3.05) is 13.1 Å². The predicted octanol–water partition coefficient (Wildman–Crippen LogP) is 1.39. The fourth-order valence-corrected chi connectivity index (χ4v) is 1.37. The first-order chi connectivity index (χ1) is 9.02. The summed E-state index contributed by atoms with van der Waals surface area (Å²) in [6.45, 7) is -0.574. The number of rotatable bonds is 5. The maximum atomic E-state index is 12.9. The number of carbonyl (C=O) groups excluding carboxylic acids is 1. The summed E-state index contributed by atoms with van der Waals surface area (Å²) in [5.41, 5.74) is 0.504. The molecule has 5 heteroatoms. The molecule has 1 aromatic rings. The Morgan fingerprint density at radius 3 is 2.79 bits per heavy atom. The average molecular weight is 261 g/mol. The number of hydrogen-bond acceptors (Lipinski definition) is 2. The molecule has 0 aliphatic heterocycles. The molecule has 0 fully saturated rings. The van der Waals surface area contributed by atoms with Gasteiger partial charge in [0.2, 0.25) is 5.91 Å². The van der Waals surface area contributed by atoms with Crippen LogP contribution in [0.5, 0.6) is 0 Å². The van der Waals surface area contributed by atoms with E-state index < -0.39 is 24.2 Å². The highest BCUT2D eigenvalue weighted by Gasteiger charge is 2.12. The van der Waals surface area contributed by atoms with Gasteiger partial charge in [0.1, 0.15) is 12.4 Å². The molecule has 0 saturated carbocycles. The smallest absolute Gasteiger partial charge is 0.323 e. The molecule has 0 radical (unpaired) electrons. The van der Waals surface area contributed by atoms with E-state index in [0.29, 0.717) is 5.56 Å². The lowest BCUT2D eigenvalue weighted by molar-refractivity contribution is -0.142. The van der Waals surface area contributed by atoms with Crippen LogP contribution in [0.3, 0.4) is 0 Å². The number of carbonyl (C=O) groups is 2. The maximum absolute atomic E-state index is 12.9. The monoisotopic (exact) mass is 261 g/mol. The summed E-state index contributed by atoms with van der Waals surface area (Å²) in [5, 5.41) is 8.64. The Morgan fingerprint density at radius 1 is 1.47 bits per heavy atom. The van der Waals surface area contributed by atoms with Crippen LogP contribution in [0.1, 0.15) is 5.56 Å². The Kier molecular flexibility index (Phi) is 5.30. The van der Waals surface area contributed by atoms with Gasteiger partial charge in [-0.2, -0.15) is 0 Å². The molecule has 0 atom stereocenters. The van der Waals surface area contributed by atoms with E-state index in [2.05, 4.69) is 5.92 Å². The van der Waals surface area contributed by atoms with Gasteiger partial charge in [-0.1, -0.05) is 18.1 Å². The third kappa shape index (κ3) is 5.04. The van der Waals surface area contributed by atoms with Gasteiger partial charge >= 0.3 is 5.97 Å². The van der Waals surface area contributed by atoms with E-state index in [-0.39, 0.29) is 6.54 Å². The first kappa shape index (κ1) is 14.5. The quantitative estimate of drug-likeness (QED) is 0.643. The number of carboxylic acids is 1. The number of terminal acetylenes is 1. The molecule has 0 aliphatic carbocycles. The highest BCUT2D eigenvalue weighted by atomic mass is 19.1. The fraction of sp³-hybridized carbons (Fsp3) is 0.143. The molecule has 1 amide bonds. The molecule has 98 valence electrons. The van der Waals surface area contributed by atoms with Crippen LogP contribution < -0.4 is 0 Å². The summed E-state index contributed by atoms with van der Waals surface area (Å²) in [6, 6.07) is 5.67. The summed E-state index contributed by atoms with van der Waals surface area (Å²) in [5.74, 6) is 0.106. The second kappa shape index (κ2) is 6.97. The molecule has 0 unspecified atom stereocenters.